The van der Waals surface area contributed by atoms with Crippen molar-refractivity contribution >= 4 is 11.7 Å². The van der Waals surface area contributed by atoms with Crippen molar-refractivity contribution in [3.05, 3.63) is 30.3 Å². The molecule has 1 aromatic carbocycles. The molecule has 1 aromatic rings. The maximum absolute atomic E-state index is 11.0. The number of Topliss-reactive ketones (excluding diaryl/α,β-unsaturated/α-hetero) is 1. The fourth-order valence-electron chi connectivity index (χ4n) is 0.977. The molecule has 2 N–H and O–H groups in total. The molecule has 4 heteroatoms. The van der Waals surface area contributed by atoms with Gasteiger partial charge in [0, 0.05) is 0 Å². The SMILES string of the molecule is CC(=O)C(Oc1ccccc1)C(N)=O. The van der Waals surface area contributed by atoms with Crippen molar-refractivity contribution < 1.29 is 14.3 Å². The van der Waals surface area contributed by atoms with Crippen molar-refractivity contribution in [3.63, 3.8) is 0 Å². The third-order valence-electron chi connectivity index (χ3n) is 1.62. The number of para-hydroxylation sites is 1. The minimum Gasteiger partial charge on any atom is -0.473 e. The number of ketones is 1. The molecule has 0 spiro atoms. The summed E-state index contributed by atoms with van der Waals surface area (Å²) in [6, 6.07) is 8.60. The highest BCUT2D eigenvalue weighted by Crippen LogP contribution is 2.10. The van der Waals surface area contributed by atoms with Crippen LogP contribution in [0.3, 0.4) is 0 Å². The van der Waals surface area contributed by atoms with Crippen LogP contribution in [0.15, 0.2) is 30.3 Å². The number of carbonyl (C=O) groups is 2. The number of ether oxygens (including phenoxy) is 1. The second-order valence-corrected chi connectivity index (χ2v) is 2.82. The monoisotopic (exact) mass is 193 g/mol. The van der Waals surface area contributed by atoms with Crippen molar-refractivity contribution in [1.29, 1.82) is 0 Å². The first-order chi connectivity index (χ1) is 6.61. The Labute approximate surface area is 81.7 Å². The van der Waals surface area contributed by atoms with Gasteiger partial charge in [-0.2, -0.15) is 0 Å². The summed E-state index contributed by atoms with van der Waals surface area (Å²) in [6.07, 6.45) is -1.20. The molecule has 4 nitrogen and oxygen atoms in total. The molecule has 0 aliphatic rings. The second-order valence-electron chi connectivity index (χ2n) is 2.82. The second kappa shape index (κ2) is 4.41. The Kier molecular flexibility index (Phi) is 3.23. The highest BCUT2D eigenvalue weighted by atomic mass is 16.5. The molecule has 14 heavy (non-hydrogen) atoms. The first-order valence-electron chi connectivity index (χ1n) is 4.12. The lowest BCUT2D eigenvalue weighted by Gasteiger charge is -2.12. The van der Waals surface area contributed by atoms with Crippen LogP contribution >= 0.6 is 0 Å². The number of amides is 1. The van der Waals surface area contributed by atoms with E-state index in [4.69, 9.17) is 10.5 Å². The molecule has 1 amide bonds. The lowest BCUT2D eigenvalue weighted by atomic mass is 10.2. The molecule has 0 saturated carbocycles. The predicted molar refractivity (Wildman–Crippen MR) is 50.7 cm³/mol. The van der Waals surface area contributed by atoms with Crippen LogP contribution in [0, 0.1) is 0 Å². The number of nitrogens with two attached hydrogens (primary N) is 1. The van der Waals surface area contributed by atoms with Crippen molar-refractivity contribution in [2.75, 3.05) is 0 Å². The Bertz CT molecular complexity index is 320. The van der Waals surface area contributed by atoms with Gasteiger partial charge in [0.25, 0.3) is 5.91 Å². The summed E-state index contributed by atoms with van der Waals surface area (Å²) in [6.45, 7) is 1.26. The molecule has 0 aromatic heterocycles. The number of hydrogen-bond donors (Lipinski definition) is 1. The maximum Gasteiger partial charge on any atom is 0.266 e. The number of primary amides is 1. The standard InChI is InChI=1S/C10H11NO3/c1-7(12)9(10(11)13)14-8-5-3-2-4-6-8/h2-6,9H,1H3,(H2,11,13). The van der Waals surface area contributed by atoms with Gasteiger partial charge < -0.3 is 10.5 Å². The van der Waals surface area contributed by atoms with Gasteiger partial charge in [-0.3, -0.25) is 9.59 Å². The van der Waals surface area contributed by atoms with E-state index < -0.39 is 17.8 Å². The molecular formula is C10H11NO3. The van der Waals surface area contributed by atoms with Gasteiger partial charge in [0.2, 0.25) is 6.10 Å². The number of benzene rings is 1. The molecular weight excluding hydrogens is 182 g/mol. The molecule has 0 radical (unpaired) electrons. The highest BCUT2D eigenvalue weighted by molar-refractivity contribution is 6.02. The first kappa shape index (κ1) is 10.2. The zero-order valence-electron chi connectivity index (χ0n) is 7.77. The van der Waals surface area contributed by atoms with Crippen LogP contribution in [0.25, 0.3) is 0 Å². The lowest BCUT2D eigenvalue weighted by molar-refractivity contribution is -0.134. The molecule has 0 aliphatic carbocycles. The molecule has 0 aliphatic heterocycles. The molecule has 1 unspecified atom stereocenters. The van der Waals surface area contributed by atoms with Crippen LogP contribution in [0.4, 0.5) is 0 Å². The number of hydrogen-bond acceptors (Lipinski definition) is 3. The molecule has 0 bridgehead atoms. The maximum atomic E-state index is 11.0. The third kappa shape index (κ3) is 2.58. The van der Waals surface area contributed by atoms with Gasteiger partial charge in [-0.1, -0.05) is 18.2 Å². The van der Waals surface area contributed by atoms with Crippen LogP contribution in [-0.2, 0) is 9.59 Å². The van der Waals surface area contributed by atoms with Gasteiger partial charge in [0.05, 0.1) is 0 Å². The normalized spacial score (nSPS) is 11.8. The Morgan fingerprint density at radius 2 is 1.86 bits per heavy atom. The average molecular weight is 193 g/mol. The van der Waals surface area contributed by atoms with Crippen molar-refractivity contribution in [2.24, 2.45) is 5.73 Å². The molecule has 1 rings (SSSR count). The largest absolute Gasteiger partial charge is 0.473 e. The number of rotatable bonds is 4. The van der Waals surface area contributed by atoms with E-state index in [0.29, 0.717) is 5.75 Å². The summed E-state index contributed by atoms with van der Waals surface area (Å²) in [5.74, 6) is -0.728. The zero-order chi connectivity index (χ0) is 10.6. The van der Waals surface area contributed by atoms with Gasteiger partial charge >= 0.3 is 0 Å². The molecule has 0 heterocycles. The smallest absolute Gasteiger partial charge is 0.266 e. The Balaban J connectivity index is 2.75. The van der Waals surface area contributed by atoms with Gasteiger partial charge in [0.1, 0.15) is 5.75 Å². The predicted octanol–water partition coefficient (Wildman–Crippen LogP) is 0.508. The van der Waals surface area contributed by atoms with Crippen molar-refractivity contribution in [2.45, 2.75) is 13.0 Å². The average Bonchev–Trinajstić information content (AvgIpc) is 2.15. The van der Waals surface area contributed by atoms with Gasteiger partial charge in [-0.15, -0.1) is 0 Å². The van der Waals surface area contributed by atoms with Crippen LogP contribution < -0.4 is 10.5 Å². The van der Waals surface area contributed by atoms with Crippen LogP contribution in [0.2, 0.25) is 0 Å². The van der Waals surface area contributed by atoms with E-state index in [1.54, 1.807) is 30.3 Å². The minimum atomic E-state index is -1.20. The summed E-state index contributed by atoms with van der Waals surface area (Å²) in [5, 5.41) is 0. The first-order valence-corrected chi connectivity index (χ1v) is 4.12. The molecule has 74 valence electrons. The van der Waals surface area contributed by atoms with E-state index in [0.717, 1.165) is 0 Å². The third-order valence-corrected chi connectivity index (χ3v) is 1.62. The molecule has 1 atom stereocenters. The van der Waals surface area contributed by atoms with E-state index >= 15 is 0 Å². The summed E-state index contributed by atoms with van der Waals surface area (Å²) in [7, 11) is 0. The van der Waals surface area contributed by atoms with Crippen LogP contribution in [-0.4, -0.2) is 17.8 Å². The van der Waals surface area contributed by atoms with Crippen LogP contribution in [0.5, 0.6) is 5.75 Å². The van der Waals surface area contributed by atoms with Crippen molar-refractivity contribution in [3.8, 4) is 5.75 Å². The summed E-state index contributed by atoms with van der Waals surface area (Å²) >= 11 is 0. The summed E-state index contributed by atoms with van der Waals surface area (Å²) < 4.78 is 5.11. The summed E-state index contributed by atoms with van der Waals surface area (Å²) in [5.41, 5.74) is 5.00. The Hall–Kier alpha value is -1.84. The van der Waals surface area contributed by atoms with Gasteiger partial charge in [-0.05, 0) is 19.1 Å². The van der Waals surface area contributed by atoms with Crippen molar-refractivity contribution in [1.82, 2.24) is 0 Å². The Morgan fingerprint density at radius 1 is 1.29 bits per heavy atom. The van der Waals surface area contributed by atoms with Crippen LogP contribution in [0.1, 0.15) is 6.92 Å². The molecule has 0 saturated heterocycles. The van der Waals surface area contributed by atoms with Gasteiger partial charge in [0.15, 0.2) is 5.78 Å². The Morgan fingerprint density at radius 3 is 2.29 bits per heavy atom. The van der Waals surface area contributed by atoms with E-state index in [1.165, 1.54) is 6.92 Å². The zero-order valence-corrected chi connectivity index (χ0v) is 7.77. The lowest BCUT2D eigenvalue weighted by Crippen LogP contribution is -2.39. The fourth-order valence-corrected chi connectivity index (χ4v) is 0.977. The minimum absolute atomic E-state index is 0.402. The summed E-state index contributed by atoms with van der Waals surface area (Å²) in [4.78, 5) is 21.8. The van der Waals surface area contributed by atoms with Gasteiger partial charge in [-0.25, -0.2) is 0 Å². The van der Waals surface area contributed by atoms with E-state index in [2.05, 4.69) is 0 Å². The van der Waals surface area contributed by atoms with E-state index in [9.17, 15) is 9.59 Å². The topological polar surface area (TPSA) is 69.4 Å². The number of carbonyl (C=O) groups excluding carboxylic acids is 2. The fraction of sp³-hybridized carbons (Fsp3) is 0.200. The quantitative estimate of drug-likeness (QED) is 0.708. The van der Waals surface area contributed by atoms with E-state index in [1.807, 2.05) is 0 Å². The molecule has 0 fully saturated rings. The highest BCUT2D eigenvalue weighted by Gasteiger charge is 2.22. The van der Waals surface area contributed by atoms with E-state index in [-0.39, 0.29) is 0 Å².